The molecule has 1 aliphatic rings. The first kappa shape index (κ1) is 18.6. The lowest BCUT2D eigenvalue weighted by Crippen LogP contribution is -2.53. The topological polar surface area (TPSA) is 26.8 Å². The van der Waals surface area contributed by atoms with Gasteiger partial charge in [0.2, 0.25) is 5.91 Å². The summed E-state index contributed by atoms with van der Waals surface area (Å²) >= 11 is 0. The number of hydrogen-bond donors (Lipinski definition) is 0. The molecule has 1 amide bonds. The number of carbonyl (C=O) groups is 1. The Morgan fingerprint density at radius 2 is 1.73 bits per heavy atom. The molecule has 26 heavy (non-hydrogen) atoms. The van der Waals surface area contributed by atoms with Crippen LogP contribution in [0.3, 0.4) is 0 Å². The predicted molar refractivity (Wildman–Crippen MR) is 107 cm³/mol. The second kappa shape index (κ2) is 8.47. The van der Waals surface area contributed by atoms with Gasteiger partial charge in [0, 0.05) is 45.5 Å². The van der Waals surface area contributed by atoms with Gasteiger partial charge >= 0.3 is 0 Å². The summed E-state index contributed by atoms with van der Waals surface area (Å²) in [4.78, 5) is 19.4. The summed E-state index contributed by atoms with van der Waals surface area (Å²) in [5.41, 5.74) is 3.62. The summed E-state index contributed by atoms with van der Waals surface area (Å²) < 4.78 is 0. The van der Waals surface area contributed by atoms with Gasteiger partial charge in [-0.1, -0.05) is 48.0 Å². The van der Waals surface area contributed by atoms with E-state index in [9.17, 15) is 4.79 Å². The van der Waals surface area contributed by atoms with Crippen molar-refractivity contribution in [1.82, 2.24) is 9.80 Å². The molecule has 1 fully saturated rings. The molecule has 0 saturated carbocycles. The zero-order valence-electron chi connectivity index (χ0n) is 16.1. The molecule has 0 aliphatic carbocycles. The number of carbonyl (C=O) groups excluding carboxylic acids is 1. The van der Waals surface area contributed by atoms with Crippen LogP contribution in [0.25, 0.3) is 0 Å². The number of aryl methyl sites for hydroxylation is 1. The standard InChI is InChI=1S/C22H29N3O/c1-18-8-7-9-20(16-18)17-24-12-14-25(15-13-24)19(2)22(26)23(3)21-10-5-4-6-11-21/h4-11,16,19H,12-15,17H2,1-3H3/t19-/m1/s1. The van der Waals surface area contributed by atoms with Crippen molar-refractivity contribution in [3.63, 3.8) is 0 Å². The fourth-order valence-corrected chi connectivity index (χ4v) is 3.59. The first-order chi connectivity index (χ1) is 12.5. The minimum absolute atomic E-state index is 0.0960. The fourth-order valence-electron chi connectivity index (χ4n) is 3.59. The maximum absolute atomic E-state index is 12.8. The zero-order chi connectivity index (χ0) is 18.5. The van der Waals surface area contributed by atoms with Crippen LogP contribution >= 0.6 is 0 Å². The average molecular weight is 351 g/mol. The highest BCUT2D eigenvalue weighted by molar-refractivity contribution is 5.96. The first-order valence-corrected chi connectivity index (χ1v) is 9.39. The molecule has 1 heterocycles. The van der Waals surface area contributed by atoms with Crippen molar-refractivity contribution >= 4 is 11.6 Å². The van der Waals surface area contributed by atoms with Crippen LogP contribution in [0.4, 0.5) is 5.69 Å². The Morgan fingerprint density at radius 1 is 1.04 bits per heavy atom. The molecule has 3 rings (SSSR count). The van der Waals surface area contributed by atoms with Gasteiger partial charge in [-0.2, -0.15) is 0 Å². The molecule has 0 bridgehead atoms. The molecule has 0 aromatic heterocycles. The Morgan fingerprint density at radius 3 is 2.38 bits per heavy atom. The van der Waals surface area contributed by atoms with Crippen molar-refractivity contribution in [2.24, 2.45) is 0 Å². The molecule has 2 aromatic carbocycles. The van der Waals surface area contributed by atoms with E-state index in [0.29, 0.717) is 0 Å². The molecular formula is C22H29N3O. The van der Waals surface area contributed by atoms with Crippen LogP contribution in [-0.4, -0.2) is 55.0 Å². The van der Waals surface area contributed by atoms with Crippen molar-refractivity contribution < 1.29 is 4.79 Å². The minimum atomic E-state index is -0.0960. The van der Waals surface area contributed by atoms with E-state index in [2.05, 4.69) is 41.0 Å². The minimum Gasteiger partial charge on any atom is -0.314 e. The summed E-state index contributed by atoms with van der Waals surface area (Å²) in [5, 5.41) is 0. The van der Waals surface area contributed by atoms with E-state index in [1.807, 2.05) is 44.3 Å². The predicted octanol–water partition coefficient (Wildman–Crippen LogP) is 3.16. The third kappa shape index (κ3) is 4.51. The third-order valence-electron chi connectivity index (χ3n) is 5.27. The Bertz CT molecular complexity index is 723. The number of nitrogens with zero attached hydrogens (tertiary/aromatic N) is 3. The SMILES string of the molecule is Cc1cccc(CN2CCN([C@H](C)C(=O)N(C)c3ccccc3)CC2)c1. The van der Waals surface area contributed by atoms with E-state index in [0.717, 1.165) is 38.4 Å². The van der Waals surface area contributed by atoms with Gasteiger partial charge in [-0.15, -0.1) is 0 Å². The van der Waals surface area contributed by atoms with Crippen LogP contribution in [0.15, 0.2) is 54.6 Å². The number of anilines is 1. The molecule has 1 saturated heterocycles. The summed E-state index contributed by atoms with van der Waals surface area (Å²) in [7, 11) is 1.86. The van der Waals surface area contributed by atoms with E-state index in [-0.39, 0.29) is 11.9 Å². The van der Waals surface area contributed by atoms with E-state index in [4.69, 9.17) is 0 Å². The molecule has 4 heteroatoms. The maximum Gasteiger partial charge on any atom is 0.243 e. The lowest BCUT2D eigenvalue weighted by molar-refractivity contribution is -0.123. The maximum atomic E-state index is 12.8. The van der Waals surface area contributed by atoms with Gasteiger partial charge in [-0.25, -0.2) is 0 Å². The highest BCUT2D eigenvalue weighted by atomic mass is 16.2. The van der Waals surface area contributed by atoms with Crippen LogP contribution in [-0.2, 0) is 11.3 Å². The monoisotopic (exact) mass is 351 g/mol. The summed E-state index contributed by atoms with van der Waals surface area (Å²) in [6.07, 6.45) is 0. The molecular weight excluding hydrogens is 322 g/mol. The second-order valence-corrected chi connectivity index (χ2v) is 7.21. The van der Waals surface area contributed by atoms with Crippen molar-refractivity contribution in [1.29, 1.82) is 0 Å². The second-order valence-electron chi connectivity index (χ2n) is 7.21. The molecule has 1 aliphatic heterocycles. The molecule has 138 valence electrons. The van der Waals surface area contributed by atoms with Gasteiger partial charge in [0.25, 0.3) is 0 Å². The Kier molecular flexibility index (Phi) is 6.07. The Hall–Kier alpha value is -2.17. The normalized spacial score (nSPS) is 17.0. The number of piperazine rings is 1. The fraction of sp³-hybridized carbons (Fsp3) is 0.409. The molecule has 2 aromatic rings. The van der Waals surface area contributed by atoms with Crippen molar-refractivity contribution in [2.75, 3.05) is 38.1 Å². The van der Waals surface area contributed by atoms with E-state index < -0.39 is 0 Å². The number of benzene rings is 2. The van der Waals surface area contributed by atoms with E-state index >= 15 is 0 Å². The number of amides is 1. The largest absolute Gasteiger partial charge is 0.314 e. The van der Waals surface area contributed by atoms with Crippen LogP contribution in [0.1, 0.15) is 18.1 Å². The molecule has 1 atom stereocenters. The molecule has 4 nitrogen and oxygen atoms in total. The molecule has 0 radical (unpaired) electrons. The zero-order valence-corrected chi connectivity index (χ0v) is 16.1. The molecule has 0 N–H and O–H groups in total. The average Bonchev–Trinajstić information content (AvgIpc) is 2.67. The molecule has 0 spiro atoms. The van der Waals surface area contributed by atoms with Crippen LogP contribution in [0, 0.1) is 6.92 Å². The van der Waals surface area contributed by atoms with Gasteiger partial charge in [0.05, 0.1) is 6.04 Å². The van der Waals surface area contributed by atoms with Crippen LogP contribution < -0.4 is 4.90 Å². The van der Waals surface area contributed by atoms with E-state index in [1.165, 1.54) is 11.1 Å². The number of likely N-dealkylation sites (N-methyl/N-ethyl adjacent to an activating group) is 1. The molecule has 0 unspecified atom stereocenters. The summed E-state index contributed by atoms with van der Waals surface area (Å²) in [6, 6.07) is 18.5. The van der Waals surface area contributed by atoms with Crippen LogP contribution in [0.5, 0.6) is 0 Å². The quantitative estimate of drug-likeness (QED) is 0.828. The lowest BCUT2D eigenvalue weighted by atomic mass is 10.1. The summed E-state index contributed by atoms with van der Waals surface area (Å²) in [5.74, 6) is 0.156. The van der Waals surface area contributed by atoms with Crippen molar-refractivity contribution in [2.45, 2.75) is 26.4 Å². The lowest BCUT2D eigenvalue weighted by Gasteiger charge is -2.38. The van der Waals surface area contributed by atoms with Gasteiger partial charge in [-0.3, -0.25) is 14.6 Å². The third-order valence-corrected chi connectivity index (χ3v) is 5.27. The number of hydrogen-bond acceptors (Lipinski definition) is 3. The number of rotatable bonds is 5. The Balaban J connectivity index is 1.53. The summed E-state index contributed by atoms with van der Waals surface area (Å²) in [6.45, 7) is 9.02. The highest BCUT2D eigenvalue weighted by Crippen LogP contribution is 2.16. The highest BCUT2D eigenvalue weighted by Gasteiger charge is 2.27. The van der Waals surface area contributed by atoms with Crippen LogP contribution in [0.2, 0.25) is 0 Å². The smallest absolute Gasteiger partial charge is 0.243 e. The van der Waals surface area contributed by atoms with Crippen molar-refractivity contribution in [3.05, 3.63) is 65.7 Å². The van der Waals surface area contributed by atoms with Gasteiger partial charge in [-0.05, 0) is 31.5 Å². The first-order valence-electron chi connectivity index (χ1n) is 9.39. The van der Waals surface area contributed by atoms with E-state index in [1.54, 1.807) is 4.90 Å². The van der Waals surface area contributed by atoms with Gasteiger partial charge in [0.1, 0.15) is 0 Å². The van der Waals surface area contributed by atoms with Crippen molar-refractivity contribution in [3.8, 4) is 0 Å². The number of para-hydroxylation sites is 1. The van der Waals surface area contributed by atoms with Gasteiger partial charge in [0.15, 0.2) is 0 Å². The van der Waals surface area contributed by atoms with Gasteiger partial charge < -0.3 is 4.90 Å². The Labute approximate surface area is 157 Å².